The molecule has 1 saturated heterocycles. The molecule has 1 aromatic heterocycles. The third-order valence-electron chi connectivity index (χ3n) is 6.02. The number of benzene rings is 2. The minimum atomic E-state index is -0.105. The van der Waals surface area contributed by atoms with Gasteiger partial charge in [0.1, 0.15) is 5.75 Å². The number of pyridine rings is 1. The predicted molar refractivity (Wildman–Crippen MR) is 133 cm³/mol. The van der Waals surface area contributed by atoms with Crippen LogP contribution in [-0.4, -0.2) is 37.1 Å². The van der Waals surface area contributed by atoms with Crippen molar-refractivity contribution in [1.82, 2.24) is 10.3 Å². The molecule has 0 spiro atoms. The van der Waals surface area contributed by atoms with Gasteiger partial charge in [-0.3, -0.25) is 9.78 Å². The second-order valence-electron chi connectivity index (χ2n) is 8.33. The zero-order valence-electron chi connectivity index (χ0n) is 18.5. The number of carbonyl (C=O) groups excluding carboxylic acids is 1. The number of nitrogens with two attached hydrogens (primary N) is 1. The Hall–Kier alpha value is -3.25. The average Bonchev–Trinajstić information content (AvgIpc) is 2.86. The van der Waals surface area contributed by atoms with Crippen molar-refractivity contribution in [3.05, 3.63) is 83.1 Å². The van der Waals surface area contributed by atoms with E-state index < -0.39 is 0 Å². The van der Waals surface area contributed by atoms with Crippen LogP contribution in [0.15, 0.2) is 67.0 Å². The van der Waals surface area contributed by atoms with Gasteiger partial charge in [0.05, 0.1) is 11.6 Å². The van der Waals surface area contributed by atoms with Crippen molar-refractivity contribution in [1.29, 1.82) is 0 Å². The van der Waals surface area contributed by atoms with E-state index in [0.717, 1.165) is 43.6 Å². The number of aromatic nitrogens is 1. The lowest BCUT2D eigenvalue weighted by atomic mass is 9.96. The number of halogens is 1. The Morgan fingerprint density at radius 2 is 1.82 bits per heavy atom. The highest BCUT2D eigenvalue weighted by atomic mass is 35.5. The molecule has 7 heteroatoms. The normalized spacial score (nSPS) is 14.2. The maximum atomic E-state index is 12.7. The van der Waals surface area contributed by atoms with Crippen molar-refractivity contribution in [2.24, 2.45) is 5.92 Å². The maximum Gasteiger partial charge on any atom is 0.251 e. The Kier molecular flexibility index (Phi) is 7.68. The zero-order chi connectivity index (χ0) is 23.0. The Bertz CT molecular complexity index is 1050. The molecule has 0 bridgehead atoms. The van der Waals surface area contributed by atoms with Crippen LogP contribution in [0.3, 0.4) is 0 Å². The van der Waals surface area contributed by atoms with Crippen LogP contribution in [0.5, 0.6) is 5.75 Å². The van der Waals surface area contributed by atoms with Gasteiger partial charge in [-0.15, -0.1) is 0 Å². The van der Waals surface area contributed by atoms with Crippen molar-refractivity contribution >= 4 is 28.9 Å². The monoisotopic (exact) mass is 464 g/mol. The number of amides is 1. The van der Waals surface area contributed by atoms with Gasteiger partial charge in [0.15, 0.2) is 0 Å². The number of hydrogen-bond acceptors (Lipinski definition) is 5. The molecule has 3 N–H and O–H groups in total. The molecule has 0 radical (unpaired) electrons. The van der Waals surface area contributed by atoms with Crippen LogP contribution in [0.2, 0.25) is 5.02 Å². The lowest BCUT2D eigenvalue weighted by Crippen LogP contribution is -2.38. The number of nitrogens with one attached hydrogen (secondary N) is 1. The first-order chi connectivity index (χ1) is 16.1. The quantitative estimate of drug-likeness (QED) is 0.477. The summed E-state index contributed by atoms with van der Waals surface area (Å²) in [6.07, 6.45) is 6.46. The van der Waals surface area contributed by atoms with Crippen LogP contribution >= 0.6 is 11.6 Å². The minimum absolute atomic E-state index is 0.105. The number of piperidine rings is 1. The van der Waals surface area contributed by atoms with Crippen molar-refractivity contribution in [2.75, 3.05) is 36.9 Å². The standard InChI is InChI=1S/C26H29ClN4O2/c27-24-6-3-21(17-25(24)33-16-11-19-1-4-22(28)5-2-19)26(32)30-18-20-9-14-31(15-10-20)23-7-12-29-13-8-23/h1-8,12-13,17,20H,9-11,14-16,18,28H2,(H,30,32). The number of nitrogens with zero attached hydrogens (tertiary/aromatic N) is 2. The number of carbonyl (C=O) groups is 1. The fraction of sp³-hybridized carbons (Fsp3) is 0.308. The zero-order valence-corrected chi connectivity index (χ0v) is 19.3. The fourth-order valence-corrected chi connectivity index (χ4v) is 4.18. The molecule has 2 heterocycles. The van der Waals surface area contributed by atoms with E-state index in [2.05, 4.69) is 15.2 Å². The van der Waals surface area contributed by atoms with Gasteiger partial charge in [0, 0.05) is 55.4 Å². The van der Waals surface area contributed by atoms with E-state index in [4.69, 9.17) is 22.1 Å². The third-order valence-corrected chi connectivity index (χ3v) is 6.33. The molecule has 1 aliphatic heterocycles. The van der Waals surface area contributed by atoms with Crippen molar-refractivity contribution in [3.8, 4) is 5.75 Å². The molecular formula is C26H29ClN4O2. The Balaban J connectivity index is 1.25. The summed E-state index contributed by atoms with van der Waals surface area (Å²) in [5.74, 6) is 0.881. The van der Waals surface area contributed by atoms with Crippen LogP contribution in [0.1, 0.15) is 28.8 Å². The molecule has 33 heavy (non-hydrogen) atoms. The van der Waals surface area contributed by atoms with Gasteiger partial charge in [0.25, 0.3) is 5.91 Å². The molecule has 3 aromatic rings. The van der Waals surface area contributed by atoms with Gasteiger partial charge in [0.2, 0.25) is 0 Å². The summed E-state index contributed by atoms with van der Waals surface area (Å²) >= 11 is 6.28. The molecule has 2 aromatic carbocycles. The predicted octanol–water partition coefficient (Wildman–Crippen LogP) is 4.59. The van der Waals surface area contributed by atoms with Gasteiger partial charge < -0.3 is 20.7 Å². The molecule has 0 saturated carbocycles. The molecule has 0 atom stereocenters. The second-order valence-corrected chi connectivity index (χ2v) is 8.74. The molecule has 4 rings (SSSR count). The van der Waals surface area contributed by atoms with Gasteiger partial charge in [-0.25, -0.2) is 0 Å². The topological polar surface area (TPSA) is 80.5 Å². The highest BCUT2D eigenvalue weighted by Gasteiger charge is 2.20. The molecule has 1 aliphatic rings. The number of nitrogen functional groups attached to an aromatic ring is 1. The second kappa shape index (κ2) is 11.1. The van der Waals surface area contributed by atoms with Gasteiger partial charge in [-0.05, 0) is 66.8 Å². The smallest absolute Gasteiger partial charge is 0.251 e. The highest BCUT2D eigenvalue weighted by Crippen LogP contribution is 2.26. The average molecular weight is 465 g/mol. The molecule has 6 nitrogen and oxygen atoms in total. The van der Waals surface area contributed by atoms with E-state index in [1.54, 1.807) is 18.2 Å². The first-order valence-electron chi connectivity index (χ1n) is 11.3. The van der Waals surface area contributed by atoms with E-state index in [-0.39, 0.29) is 5.91 Å². The van der Waals surface area contributed by atoms with Gasteiger partial charge in [-0.2, -0.15) is 0 Å². The number of hydrogen-bond donors (Lipinski definition) is 2. The van der Waals surface area contributed by atoms with Gasteiger partial charge in [-0.1, -0.05) is 23.7 Å². The van der Waals surface area contributed by atoms with E-state index in [0.29, 0.717) is 35.4 Å². The molecule has 1 amide bonds. The van der Waals surface area contributed by atoms with E-state index in [9.17, 15) is 4.79 Å². The highest BCUT2D eigenvalue weighted by molar-refractivity contribution is 6.32. The lowest BCUT2D eigenvalue weighted by molar-refractivity contribution is 0.0944. The Morgan fingerprint density at radius 1 is 1.09 bits per heavy atom. The fourth-order valence-electron chi connectivity index (χ4n) is 4.01. The minimum Gasteiger partial charge on any atom is -0.492 e. The van der Waals surface area contributed by atoms with Crippen LogP contribution in [-0.2, 0) is 6.42 Å². The molecular weight excluding hydrogens is 436 g/mol. The number of ether oxygens (including phenoxy) is 1. The summed E-state index contributed by atoms with van der Waals surface area (Å²) in [4.78, 5) is 19.2. The SMILES string of the molecule is Nc1ccc(CCOc2cc(C(=O)NCC3CCN(c4ccncc4)CC3)ccc2Cl)cc1. The van der Waals surface area contributed by atoms with E-state index in [1.165, 1.54) is 5.69 Å². The number of anilines is 2. The van der Waals surface area contributed by atoms with E-state index >= 15 is 0 Å². The summed E-state index contributed by atoms with van der Waals surface area (Å²) in [6.45, 7) is 3.10. The summed E-state index contributed by atoms with van der Waals surface area (Å²) in [7, 11) is 0. The van der Waals surface area contributed by atoms with Crippen LogP contribution in [0.4, 0.5) is 11.4 Å². The first-order valence-corrected chi connectivity index (χ1v) is 11.7. The van der Waals surface area contributed by atoms with Crippen LogP contribution in [0.25, 0.3) is 0 Å². The largest absolute Gasteiger partial charge is 0.492 e. The van der Waals surface area contributed by atoms with Crippen LogP contribution < -0.4 is 20.7 Å². The first kappa shape index (κ1) is 22.9. The summed E-state index contributed by atoms with van der Waals surface area (Å²) in [6, 6.07) is 16.9. The van der Waals surface area contributed by atoms with Crippen LogP contribution in [0, 0.1) is 5.92 Å². The van der Waals surface area contributed by atoms with E-state index in [1.807, 2.05) is 48.8 Å². The number of rotatable bonds is 8. The van der Waals surface area contributed by atoms with Crippen molar-refractivity contribution < 1.29 is 9.53 Å². The summed E-state index contributed by atoms with van der Waals surface area (Å²) in [5.41, 5.74) is 9.35. The summed E-state index contributed by atoms with van der Waals surface area (Å²) < 4.78 is 5.86. The molecule has 1 fully saturated rings. The Morgan fingerprint density at radius 3 is 2.55 bits per heavy atom. The molecule has 0 unspecified atom stereocenters. The van der Waals surface area contributed by atoms with Crippen molar-refractivity contribution in [2.45, 2.75) is 19.3 Å². The molecule has 172 valence electrons. The lowest BCUT2D eigenvalue weighted by Gasteiger charge is -2.33. The third kappa shape index (κ3) is 6.39. The van der Waals surface area contributed by atoms with Gasteiger partial charge >= 0.3 is 0 Å². The summed E-state index contributed by atoms with van der Waals surface area (Å²) in [5, 5.41) is 3.57. The Labute approximate surface area is 199 Å². The maximum absolute atomic E-state index is 12.7. The van der Waals surface area contributed by atoms with Crippen molar-refractivity contribution in [3.63, 3.8) is 0 Å². The molecule has 0 aliphatic carbocycles.